The highest BCUT2D eigenvalue weighted by atomic mass is 32.2. The zero-order valence-electron chi connectivity index (χ0n) is 15.9. The molecule has 1 heterocycles. The van der Waals surface area contributed by atoms with Crippen LogP contribution in [0.15, 0.2) is 47.4 Å². The summed E-state index contributed by atoms with van der Waals surface area (Å²) in [4.78, 5) is 16.2. The Morgan fingerprint density at radius 3 is 2.41 bits per heavy atom. The number of pyridine rings is 1. The average Bonchev–Trinajstić information content (AvgIpc) is 2.53. The molecule has 2 rings (SSSR count). The molecular formula is C19H24N2O5S. The monoisotopic (exact) mass is 392 g/mol. The van der Waals surface area contributed by atoms with Crippen molar-refractivity contribution in [3.63, 3.8) is 0 Å². The minimum Gasteiger partial charge on any atom is -0.444 e. The summed E-state index contributed by atoms with van der Waals surface area (Å²) in [5, 5.41) is 2.55. The molecule has 0 atom stereocenters. The van der Waals surface area contributed by atoms with E-state index in [1.807, 2.05) is 6.92 Å². The van der Waals surface area contributed by atoms with Gasteiger partial charge >= 0.3 is 6.09 Å². The number of anilines is 1. The highest BCUT2D eigenvalue weighted by molar-refractivity contribution is 7.86. The molecule has 7 nitrogen and oxygen atoms in total. The third kappa shape index (κ3) is 6.99. The highest BCUT2D eigenvalue weighted by Crippen LogP contribution is 2.14. The minimum absolute atomic E-state index is 0.0564. The maximum absolute atomic E-state index is 12.2. The number of aryl methyl sites for hydroxylation is 1. The van der Waals surface area contributed by atoms with E-state index in [4.69, 9.17) is 8.92 Å². The molecule has 0 radical (unpaired) electrons. The van der Waals surface area contributed by atoms with E-state index >= 15 is 0 Å². The number of carbonyl (C=O) groups excluding carboxylic acids is 1. The maximum Gasteiger partial charge on any atom is 0.413 e. The van der Waals surface area contributed by atoms with Gasteiger partial charge in [0.2, 0.25) is 0 Å². The van der Waals surface area contributed by atoms with Crippen LogP contribution in [0.25, 0.3) is 0 Å². The second-order valence-electron chi connectivity index (χ2n) is 6.98. The Hall–Kier alpha value is -2.45. The van der Waals surface area contributed by atoms with Crippen LogP contribution in [0.4, 0.5) is 10.6 Å². The molecule has 0 aliphatic heterocycles. The number of hydrogen-bond acceptors (Lipinski definition) is 6. The van der Waals surface area contributed by atoms with E-state index in [-0.39, 0.29) is 17.9 Å². The smallest absolute Gasteiger partial charge is 0.413 e. The van der Waals surface area contributed by atoms with E-state index in [1.165, 1.54) is 12.1 Å². The molecule has 1 amide bonds. The molecule has 8 heteroatoms. The number of aromatic nitrogens is 1. The van der Waals surface area contributed by atoms with Crippen molar-refractivity contribution in [2.45, 2.75) is 44.6 Å². The number of amides is 1. The van der Waals surface area contributed by atoms with Gasteiger partial charge in [0.05, 0.1) is 11.5 Å². The fourth-order valence-corrected chi connectivity index (χ4v) is 3.03. The number of hydrogen-bond donors (Lipinski definition) is 1. The van der Waals surface area contributed by atoms with E-state index < -0.39 is 21.8 Å². The molecule has 0 saturated carbocycles. The first-order valence-electron chi connectivity index (χ1n) is 8.47. The van der Waals surface area contributed by atoms with Crippen molar-refractivity contribution in [2.75, 3.05) is 11.9 Å². The summed E-state index contributed by atoms with van der Waals surface area (Å²) in [6.45, 7) is 7.12. The van der Waals surface area contributed by atoms with Crippen LogP contribution in [-0.4, -0.2) is 31.7 Å². The third-order valence-corrected chi connectivity index (χ3v) is 4.67. The lowest BCUT2D eigenvalue weighted by molar-refractivity contribution is 0.0635. The van der Waals surface area contributed by atoms with Crippen LogP contribution in [-0.2, 0) is 25.5 Å². The first-order chi connectivity index (χ1) is 12.5. The second kappa shape index (κ2) is 8.49. The maximum atomic E-state index is 12.2. The quantitative estimate of drug-likeness (QED) is 0.754. The van der Waals surface area contributed by atoms with E-state index in [2.05, 4.69) is 10.3 Å². The number of rotatable bonds is 6. The van der Waals surface area contributed by atoms with Gasteiger partial charge in [0.15, 0.2) is 0 Å². The van der Waals surface area contributed by atoms with Crippen molar-refractivity contribution in [2.24, 2.45) is 0 Å². The van der Waals surface area contributed by atoms with Gasteiger partial charge in [-0.2, -0.15) is 8.42 Å². The summed E-state index contributed by atoms with van der Waals surface area (Å²) < 4.78 is 34.6. The summed E-state index contributed by atoms with van der Waals surface area (Å²) in [7, 11) is -3.81. The van der Waals surface area contributed by atoms with Crippen LogP contribution in [0, 0.1) is 6.92 Å². The molecule has 1 aromatic heterocycles. The summed E-state index contributed by atoms with van der Waals surface area (Å²) in [5.74, 6) is 0.322. The molecule has 0 aliphatic rings. The van der Waals surface area contributed by atoms with Crippen LogP contribution in [0.1, 0.15) is 32.0 Å². The van der Waals surface area contributed by atoms with Crippen LogP contribution in [0.5, 0.6) is 0 Å². The largest absolute Gasteiger partial charge is 0.444 e. The normalized spacial score (nSPS) is 11.9. The summed E-state index contributed by atoms with van der Waals surface area (Å²) in [6, 6.07) is 11.5. The number of carbonyl (C=O) groups is 1. The van der Waals surface area contributed by atoms with Crippen molar-refractivity contribution < 1.29 is 22.1 Å². The third-order valence-electron chi connectivity index (χ3n) is 3.34. The van der Waals surface area contributed by atoms with E-state index in [0.717, 1.165) is 5.56 Å². The molecule has 0 spiro atoms. The average molecular weight is 392 g/mol. The first kappa shape index (κ1) is 20.9. The van der Waals surface area contributed by atoms with Gasteiger partial charge in [-0.1, -0.05) is 23.8 Å². The topological polar surface area (TPSA) is 94.6 Å². The Labute approximate surface area is 159 Å². The van der Waals surface area contributed by atoms with Gasteiger partial charge in [0.25, 0.3) is 10.1 Å². The second-order valence-corrected chi connectivity index (χ2v) is 8.60. The molecule has 0 bridgehead atoms. The summed E-state index contributed by atoms with van der Waals surface area (Å²) in [5.41, 5.74) is 0.940. The summed E-state index contributed by atoms with van der Waals surface area (Å²) >= 11 is 0. The van der Waals surface area contributed by atoms with Crippen molar-refractivity contribution in [3.05, 3.63) is 53.7 Å². The van der Waals surface area contributed by atoms with Crippen molar-refractivity contribution in [1.82, 2.24) is 4.98 Å². The fourth-order valence-electron chi connectivity index (χ4n) is 2.13. The zero-order chi connectivity index (χ0) is 20.1. The molecule has 0 fully saturated rings. The Balaban J connectivity index is 1.93. The molecule has 2 aromatic rings. The van der Waals surface area contributed by atoms with Crippen LogP contribution >= 0.6 is 0 Å². The predicted octanol–water partition coefficient (Wildman–Crippen LogP) is 3.69. The number of ether oxygens (including phenoxy) is 1. The SMILES string of the molecule is Cc1ccc(S(=O)(=O)OCCc2cccc(NC(=O)OC(C)(C)C)n2)cc1. The molecular weight excluding hydrogens is 368 g/mol. The number of nitrogens with one attached hydrogen (secondary N) is 1. The van der Waals surface area contributed by atoms with Crippen molar-refractivity contribution in [3.8, 4) is 0 Å². The van der Waals surface area contributed by atoms with Gasteiger partial charge < -0.3 is 4.74 Å². The van der Waals surface area contributed by atoms with E-state index in [9.17, 15) is 13.2 Å². The van der Waals surface area contributed by atoms with Crippen molar-refractivity contribution >= 4 is 22.0 Å². The molecule has 0 unspecified atom stereocenters. The molecule has 0 saturated heterocycles. The predicted molar refractivity (Wildman–Crippen MR) is 102 cm³/mol. The zero-order valence-corrected chi connectivity index (χ0v) is 16.7. The molecule has 1 aromatic carbocycles. The van der Waals surface area contributed by atoms with Gasteiger partial charge in [0, 0.05) is 12.1 Å². The number of benzene rings is 1. The molecule has 1 N–H and O–H groups in total. The minimum atomic E-state index is -3.81. The lowest BCUT2D eigenvalue weighted by Gasteiger charge is -2.19. The van der Waals surface area contributed by atoms with Gasteiger partial charge in [-0.15, -0.1) is 0 Å². The summed E-state index contributed by atoms with van der Waals surface area (Å²) in [6.07, 6.45) is -0.333. The van der Waals surface area contributed by atoms with Gasteiger partial charge in [-0.05, 0) is 52.0 Å². The van der Waals surface area contributed by atoms with Crippen LogP contribution in [0.2, 0.25) is 0 Å². The standard InChI is InChI=1S/C19H24N2O5S/c1-14-8-10-16(11-9-14)27(23,24)25-13-12-15-6-5-7-17(20-15)21-18(22)26-19(2,3)4/h5-11H,12-13H2,1-4H3,(H,20,21,22). The van der Waals surface area contributed by atoms with Crippen molar-refractivity contribution in [1.29, 1.82) is 0 Å². The van der Waals surface area contributed by atoms with Gasteiger partial charge in [-0.3, -0.25) is 9.50 Å². The lowest BCUT2D eigenvalue weighted by atomic mass is 10.2. The van der Waals surface area contributed by atoms with Gasteiger partial charge in [-0.25, -0.2) is 9.78 Å². The van der Waals surface area contributed by atoms with Gasteiger partial charge in [0.1, 0.15) is 11.4 Å². The Bertz CT molecular complexity index is 887. The van der Waals surface area contributed by atoms with E-state index in [1.54, 1.807) is 51.1 Å². The fraction of sp³-hybridized carbons (Fsp3) is 0.368. The Morgan fingerprint density at radius 1 is 1.11 bits per heavy atom. The molecule has 146 valence electrons. The first-order valence-corrected chi connectivity index (χ1v) is 9.88. The number of nitrogens with zero attached hydrogens (tertiary/aromatic N) is 1. The van der Waals surface area contributed by atoms with Crippen LogP contribution in [0.3, 0.4) is 0 Å². The molecule has 0 aliphatic carbocycles. The molecule has 27 heavy (non-hydrogen) atoms. The lowest BCUT2D eigenvalue weighted by Crippen LogP contribution is -2.27. The highest BCUT2D eigenvalue weighted by Gasteiger charge is 2.17. The van der Waals surface area contributed by atoms with E-state index in [0.29, 0.717) is 11.5 Å². The van der Waals surface area contributed by atoms with Crippen LogP contribution < -0.4 is 5.32 Å². The Morgan fingerprint density at radius 2 is 1.78 bits per heavy atom. The Kier molecular flexibility index (Phi) is 6.56.